The van der Waals surface area contributed by atoms with Gasteiger partial charge in [-0.2, -0.15) is 0 Å². The molecule has 4 nitrogen and oxygen atoms in total. The van der Waals surface area contributed by atoms with Crippen molar-refractivity contribution in [3.63, 3.8) is 0 Å². The zero-order chi connectivity index (χ0) is 17.6. The Bertz CT molecular complexity index is 701. The van der Waals surface area contributed by atoms with Gasteiger partial charge in [-0.1, -0.05) is 30.3 Å². The summed E-state index contributed by atoms with van der Waals surface area (Å²) in [6.45, 7) is -0.0605. The summed E-state index contributed by atoms with van der Waals surface area (Å²) in [6.07, 6.45) is -4.68. The topological polar surface area (TPSA) is 47.6 Å². The van der Waals surface area contributed by atoms with Crippen molar-refractivity contribution < 1.29 is 27.4 Å². The molecule has 24 heavy (non-hydrogen) atoms. The van der Waals surface area contributed by atoms with E-state index in [1.165, 1.54) is 25.3 Å². The predicted octanol–water partition coefficient (Wildman–Crippen LogP) is 3.45. The number of amides is 1. The number of carbonyl (C=O) groups is 1. The molecule has 0 saturated heterocycles. The lowest BCUT2D eigenvalue weighted by atomic mass is 10.1. The maximum atomic E-state index is 12.4. The minimum atomic E-state index is -4.78. The van der Waals surface area contributed by atoms with E-state index in [-0.39, 0.29) is 30.2 Å². The van der Waals surface area contributed by atoms with E-state index >= 15 is 0 Å². The first-order valence-corrected chi connectivity index (χ1v) is 7.10. The summed E-state index contributed by atoms with van der Waals surface area (Å²) >= 11 is 0. The molecule has 1 N–H and O–H groups in total. The largest absolute Gasteiger partial charge is 0.573 e. The highest BCUT2D eigenvalue weighted by molar-refractivity contribution is 5.78. The van der Waals surface area contributed by atoms with E-state index in [0.717, 1.165) is 5.56 Å². The molecule has 7 heteroatoms. The van der Waals surface area contributed by atoms with Crippen molar-refractivity contribution in [2.45, 2.75) is 19.3 Å². The fourth-order valence-electron chi connectivity index (χ4n) is 2.10. The molecule has 0 bridgehead atoms. The van der Waals surface area contributed by atoms with Crippen LogP contribution in [0.5, 0.6) is 11.5 Å². The molecule has 2 rings (SSSR count). The van der Waals surface area contributed by atoms with Gasteiger partial charge in [-0.15, -0.1) is 13.2 Å². The average molecular weight is 339 g/mol. The molecule has 0 aliphatic rings. The molecule has 0 spiro atoms. The van der Waals surface area contributed by atoms with Crippen molar-refractivity contribution in [2.24, 2.45) is 0 Å². The Morgan fingerprint density at radius 3 is 2.58 bits per heavy atom. The lowest BCUT2D eigenvalue weighted by molar-refractivity contribution is -0.274. The Morgan fingerprint density at radius 2 is 1.88 bits per heavy atom. The lowest BCUT2D eigenvalue weighted by Gasteiger charge is -2.13. The molecule has 2 aromatic carbocycles. The Morgan fingerprint density at radius 1 is 1.12 bits per heavy atom. The summed E-state index contributed by atoms with van der Waals surface area (Å²) in [7, 11) is 1.52. The van der Waals surface area contributed by atoms with Gasteiger partial charge in [0, 0.05) is 12.1 Å². The summed E-state index contributed by atoms with van der Waals surface area (Å²) < 4.78 is 46.1. The summed E-state index contributed by atoms with van der Waals surface area (Å²) in [5.74, 6) is -0.0130. The van der Waals surface area contributed by atoms with Crippen molar-refractivity contribution in [3.05, 3.63) is 59.7 Å². The number of benzene rings is 2. The number of para-hydroxylation sites is 1. The molecule has 0 atom stereocenters. The third kappa shape index (κ3) is 5.49. The second-order valence-corrected chi connectivity index (χ2v) is 4.96. The number of hydrogen-bond acceptors (Lipinski definition) is 3. The molecule has 2 aromatic rings. The van der Waals surface area contributed by atoms with Crippen LogP contribution in [0.3, 0.4) is 0 Å². The van der Waals surface area contributed by atoms with Gasteiger partial charge in [0.1, 0.15) is 11.5 Å². The molecular formula is C17H16F3NO3. The van der Waals surface area contributed by atoms with E-state index in [1.54, 1.807) is 30.3 Å². The van der Waals surface area contributed by atoms with Gasteiger partial charge in [0.15, 0.2) is 0 Å². The summed E-state index contributed by atoms with van der Waals surface area (Å²) in [5, 5.41) is 2.58. The number of halogens is 3. The van der Waals surface area contributed by atoms with Crippen LogP contribution in [0.4, 0.5) is 13.2 Å². The Balaban J connectivity index is 1.96. The molecule has 0 unspecified atom stereocenters. The van der Waals surface area contributed by atoms with Crippen molar-refractivity contribution in [3.8, 4) is 11.5 Å². The number of nitrogens with one attached hydrogen (secondary N) is 1. The van der Waals surface area contributed by atoms with E-state index in [4.69, 9.17) is 4.74 Å². The summed E-state index contributed by atoms with van der Waals surface area (Å²) in [4.78, 5) is 12.0. The van der Waals surface area contributed by atoms with Crippen LogP contribution < -0.4 is 14.8 Å². The quantitative estimate of drug-likeness (QED) is 0.877. The minimum Gasteiger partial charge on any atom is -0.497 e. The van der Waals surface area contributed by atoms with Crippen molar-refractivity contribution in [1.82, 2.24) is 5.32 Å². The predicted molar refractivity (Wildman–Crippen MR) is 81.7 cm³/mol. The van der Waals surface area contributed by atoms with Crippen molar-refractivity contribution in [1.29, 1.82) is 0 Å². The van der Waals surface area contributed by atoms with Gasteiger partial charge in [0.25, 0.3) is 0 Å². The summed E-state index contributed by atoms with van der Waals surface area (Å²) in [6, 6.07) is 12.7. The van der Waals surface area contributed by atoms with Gasteiger partial charge in [-0.05, 0) is 23.8 Å². The second-order valence-electron chi connectivity index (χ2n) is 4.96. The molecule has 0 fully saturated rings. The normalized spacial score (nSPS) is 11.0. The molecule has 0 saturated carbocycles. The van der Waals surface area contributed by atoms with E-state index in [2.05, 4.69) is 10.1 Å². The van der Waals surface area contributed by atoms with Gasteiger partial charge >= 0.3 is 6.36 Å². The molecule has 0 heterocycles. The Hall–Kier alpha value is -2.70. The standard InChI is InChI=1S/C17H16F3NO3/c1-23-14-7-4-5-12(9-14)10-16(22)21-11-13-6-2-3-8-15(13)24-17(18,19)20/h2-9H,10-11H2,1H3,(H,21,22). The Labute approximate surface area is 137 Å². The fraction of sp³-hybridized carbons (Fsp3) is 0.235. The first kappa shape index (κ1) is 17.7. The number of alkyl halides is 3. The van der Waals surface area contributed by atoms with Crippen LogP contribution in [0.1, 0.15) is 11.1 Å². The van der Waals surface area contributed by atoms with Crippen LogP contribution in [-0.2, 0) is 17.8 Å². The second kappa shape index (κ2) is 7.72. The molecular weight excluding hydrogens is 323 g/mol. The molecule has 128 valence electrons. The molecule has 0 aliphatic carbocycles. The van der Waals surface area contributed by atoms with Crippen LogP contribution in [0.25, 0.3) is 0 Å². The van der Waals surface area contributed by atoms with Gasteiger partial charge in [-0.3, -0.25) is 4.79 Å². The first-order valence-electron chi connectivity index (χ1n) is 7.10. The lowest BCUT2D eigenvalue weighted by Crippen LogP contribution is -2.25. The zero-order valence-corrected chi connectivity index (χ0v) is 12.9. The molecule has 0 aromatic heterocycles. The average Bonchev–Trinajstić information content (AvgIpc) is 2.53. The maximum absolute atomic E-state index is 12.4. The van der Waals surface area contributed by atoms with Crippen molar-refractivity contribution >= 4 is 5.91 Å². The highest BCUT2D eigenvalue weighted by Gasteiger charge is 2.31. The zero-order valence-electron chi connectivity index (χ0n) is 12.9. The molecule has 1 amide bonds. The van der Waals surface area contributed by atoms with Crippen LogP contribution >= 0.6 is 0 Å². The van der Waals surface area contributed by atoms with Gasteiger partial charge in [0.05, 0.1) is 13.5 Å². The van der Waals surface area contributed by atoms with Crippen LogP contribution in [0, 0.1) is 0 Å². The van der Waals surface area contributed by atoms with Crippen LogP contribution in [-0.4, -0.2) is 19.4 Å². The number of rotatable bonds is 6. The van der Waals surface area contributed by atoms with E-state index < -0.39 is 6.36 Å². The minimum absolute atomic E-state index is 0.0605. The number of carbonyl (C=O) groups excluding carboxylic acids is 1. The third-order valence-electron chi connectivity index (χ3n) is 3.17. The monoisotopic (exact) mass is 339 g/mol. The van der Waals surface area contributed by atoms with Gasteiger partial charge in [-0.25, -0.2) is 0 Å². The number of ether oxygens (including phenoxy) is 2. The SMILES string of the molecule is COc1cccc(CC(=O)NCc2ccccc2OC(F)(F)F)c1. The molecule has 0 aliphatic heterocycles. The summed E-state index contributed by atoms with van der Waals surface area (Å²) in [5.41, 5.74) is 0.987. The van der Waals surface area contributed by atoms with Crippen LogP contribution in [0.15, 0.2) is 48.5 Å². The van der Waals surface area contributed by atoms with E-state index in [1.807, 2.05) is 0 Å². The number of hydrogen-bond donors (Lipinski definition) is 1. The van der Waals surface area contributed by atoms with Crippen molar-refractivity contribution in [2.75, 3.05) is 7.11 Å². The van der Waals surface area contributed by atoms with E-state index in [9.17, 15) is 18.0 Å². The highest BCUT2D eigenvalue weighted by Crippen LogP contribution is 2.26. The van der Waals surface area contributed by atoms with Gasteiger partial charge < -0.3 is 14.8 Å². The maximum Gasteiger partial charge on any atom is 0.573 e. The smallest absolute Gasteiger partial charge is 0.497 e. The third-order valence-corrected chi connectivity index (χ3v) is 3.17. The van der Waals surface area contributed by atoms with Gasteiger partial charge in [0.2, 0.25) is 5.91 Å². The van der Waals surface area contributed by atoms with Crippen LogP contribution in [0.2, 0.25) is 0 Å². The fourth-order valence-corrected chi connectivity index (χ4v) is 2.10. The first-order chi connectivity index (χ1) is 11.4. The molecule has 0 radical (unpaired) electrons. The van der Waals surface area contributed by atoms with E-state index in [0.29, 0.717) is 5.75 Å². The number of methoxy groups -OCH3 is 1. The Kier molecular flexibility index (Phi) is 5.68. The highest BCUT2D eigenvalue weighted by atomic mass is 19.4.